The Morgan fingerprint density at radius 1 is 0.967 bits per heavy atom. The van der Waals surface area contributed by atoms with Gasteiger partial charge in [-0.1, -0.05) is 55.7 Å². The van der Waals surface area contributed by atoms with Crippen molar-refractivity contribution in [3.63, 3.8) is 0 Å². The van der Waals surface area contributed by atoms with Crippen molar-refractivity contribution in [2.24, 2.45) is 5.92 Å². The van der Waals surface area contributed by atoms with E-state index in [9.17, 15) is 9.59 Å². The van der Waals surface area contributed by atoms with Gasteiger partial charge in [-0.15, -0.1) is 0 Å². The van der Waals surface area contributed by atoms with Gasteiger partial charge in [-0.2, -0.15) is 0 Å². The summed E-state index contributed by atoms with van der Waals surface area (Å²) in [7, 11) is 0. The van der Waals surface area contributed by atoms with Gasteiger partial charge in [-0.3, -0.25) is 25.8 Å². The molecule has 0 radical (unpaired) electrons. The van der Waals surface area contributed by atoms with Crippen LogP contribution in [0.1, 0.15) is 48.0 Å². The monoisotopic (exact) mass is 425 g/mol. The molecule has 2 aromatic carbocycles. The molecule has 2 amide bonds. The predicted molar refractivity (Wildman–Crippen MR) is 120 cm³/mol. The Morgan fingerprint density at radius 3 is 2.50 bits per heavy atom. The van der Waals surface area contributed by atoms with Gasteiger partial charge in [0.05, 0.1) is 6.61 Å². The zero-order valence-electron chi connectivity index (χ0n) is 16.9. The van der Waals surface area contributed by atoms with E-state index >= 15 is 0 Å². The van der Waals surface area contributed by atoms with Crippen molar-refractivity contribution in [3.05, 3.63) is 65.7 Å². The molecule has 0 spiro atoms. The van der Waals surface area contributed by atoms with Crippen LogP contribution in [0.15, 0.2) is 54.6 Å². The minimum absolute atomic E-state index is 0.00877. The Bertz CT molecular complexity index is 867. The van der Waals surface area contributed by atoms with Crippen molar-refractivity contribution < 1.29 is 14.3 Å². The number of benzene rings is 2. The number of carbonyl (C=O) groups is 2. The van der Waals surface area contributed by atoms with Crippen LogP contribution in [0.3, 0.4) is 0 Å². The summed E-state index contributed by atoms with van der Waals surface area (Å²) in [5.74, 6) is 0.172. The molecular weight excluding hydrogens is 398 g/mol. The molecule has 0 aromatic heterocycles. The van der Waals surface area contributed by atoms with Crippen molar-refractivity contribution in [2.45, 2.75) is 38.5 Å². The first-order chi connectivity index (χ1) is 14.6. The van der Waals surface area contributed by atoms with Crippen LogP contribution in [-0.4, -0.2) is 23.5 Å². The lowest BCUT2D eigenvalue weighted by Gasteiger charge is -2.21. The maximum absolute atomic E-state index is 12.4. The number of amides is 2. The Balaban J connectivity index is 1.43. The first-order valence-corrected chi connectivity index (χ1v) is 10.7. The topological polar surface area (TPSA) is 79.5 Å². The van der Waals surface area contributed by atoms with Gasteiger partial charge in [0.2, 0.25) is 5.91 Å². The lowest BCUT2D eigenvalue weighted by molar-refractivity contribution is -0.126. The molecule has 6 nitrogen and oxygen atoms in total. The molecule has 3 rings (SSSR count). The fourth-order valence-corrected chi connectivity index (χ4v) is 3.59. The van der Waals surface area contributed by atoms with E-state index in [0.717, 1.165) is 32.1 Å². The number of nitrogens with one attached hydrogen (secondary N) is 3. The molecule has 0 atom stereocenters. The van der Waals surface area contributed by atoms with E-state index in [1.54, 1.807) is 18.2 Å². The van der Waals surface area contributed by atoms with Crippen LogP contribution < -0.4 is 20.9 Å². The summed E-state index contributed by atoms with van der Waals surface area (Å²) in [6.45, 7) is 0.516. The number of carbonyl (C=O) groups excluding carboxylic acids is 2. The molecule has 1 fully saturated rings. The molecule has 1 saturated carbocycles. The maximum Gasteiger partial charge on any atom is 0.257 e. The molecule has 2 aromatic rings. The second kappa shape index (κ2) is 11.3. The fraction of sp³-hybridized carbons (Fsp3) is 0.348. The number of rotatable bonds is 6. The Hall–Kier alpha value is -2.93. The summed E-state index contributed by atoms with van der Waals surface area (Å²) in [6, 6.07) is 17.0. The average Bonchev–Trinajstić information content (AvgIpc) is 2.79. The van der Waals surface area contributed by atoms with Crippen LogP contribution in [0.25, 0.3) is 0 Å². The van der Waals surface area contributed by atoms with Crippen molar-refractivity contribution in [2.75, 3.05) is 6.61 Å². The maximum atomic E-state index is 12.4. The SMILES string of the molecule is O=C(NC(=S)NNC(=O)C1CCCCC1)c1cccc(OCCc2ccccc2)c1. The van der Waals surface area contributed by atoms with E-state index in [2.05, 4.69) is 16.2 Å². The lowest BCUT2D eigenvalue weighted by atomic mass is 9.89. The highest BCUT2D eigenvalue weighted by Gasteiger charge is 2.21. The zero-order valence-corrected chi connectivity index (χ0v) is 17.7. The molecule has 0 saturated heterocycles. The van der Waals surface area contributed by atoms with Gasteiger partial charge in [0.1, 0.15) is 5.75 Å². The van der Waals surface area contributed by atoms with Gasteiger partial charge >= 0.3 is 0 Å². The Labute approximate surface area is 182 Å². The number of hydrogen-bond acceptors (Lipinski definition) is 4. The standard InChI is InChI=1S/C23H27N3O3S/c27-21(24-23(30)26-25-22(28)18-10-5-2-6-11-18)19-12-7-13-20(16-19)29-15-14-17-8-3-1-4-9-17/h1,3-4,7-9,12-13,16,18H,2,5-6,10-11,14-15H2,(H,25,28)(H2,24,26,27,30). The zero-order chi connectivity index (χ0) is 21.2. The fourth-order valence-electron chi connectivity index (χ4n) is 3.45. The van der Waals surface area contributed by atoms with E-state index < -0.39 is 0 Å². The van der Waals surface area contributed by atoms with E-state index in [0.29, 0.717) is 17.9 Å². The molecule has 1 aliphatic rings. The molecule has 0 bridgehead atoms. The van der Waals surface area contributed by atoms with Crippen LogP contribution in [0.4, 0.5) is 0 Å². The third kappa shape index (κ3) is 6.84. The van der Waals surface area contributed by atoms with Crippen LogP contribution in [-0.2, 0) is 11.2 Å². The number of ether oxygens (including phenoxy) is 1. The summed E-state index contributed by atoms with van der Waals surface area (Å²) >= 11 is 5.12. The van der Waals surface area contributed by atoms with E-state index in [4.69, 9.17) is 17.0 Å². The molecular formula is C23H27N3O3S. The number of hydrogen-bond donors (Lipinski definition) is 3. The highest BCUT2D eigenvalue weighted by Crippen LogP contribution is 2.23. The molecule has 0 heterocycles. The largest absolute Gasteiger partial charge is 0.493 e. The van der Waals surface area contributed by atoms with Gasteiger partial charge in [-0.25, -0.2) is 0 Å². The molecule has 7 heteroatoms. The molecule has 0 unspecified atom stereocenters. The van der Waals surface area contributed by atoms with Crippen LogP contribution >= 0.6 is 12.2 Å². The Morgan fingerprint density at radius 2 is 1.73 bits per heavy atom. The minimum Gasteiger partial charge on any atom is -0.493 e. The second-order valence-electron chi connectivity index (χ2n) is 7.34. The molecule has 0 aliphatic heterocycles. The third-order valence-electron chi connectivity index (χ3n) is 5.10. The molecule has 30 heavy (non-hydrogen) atoms. The van der Waals surface area contributed by atoms with Crippen molar-refractivity contribution in [3.8, 4) is 5.75 Å². The van der Waals surface area contributed by atoms with E-state index in [1.165, 1.54) is 12.0 Å². The lowest BCUT2D eigenvalue weighted by Crippen LogP contribution is -2.50. The van der Waals surface area contributed by atoms with Gasteiger partial charge in [0, 0.05) is 17.9 Å². The van der Waals surface area contributed by atoms with Gasteiger partial charge in [-0.05, 0) is 48.8 Å². The van der Waals surface area contributed by atoms with Crippen LogP contribution in [0.5, 0.6) is 5.75 Å². The van der Waals surface area contributed by atoms with Crippen molar-refractivity contribution >= 4 is 29.1 Å². The predicted octanol–water partition coefficient (Wildman–Crippen LogP) is 3.52. The van der Waals surface area contributed by atoms with E-state index in [-0.39, 0.29) is 22.8 Å². The van der Waals surface area contributed by atoms with Crippen LogP contribution in [0.2, 0.25) is 0 Å². The number of hydrazine groups is 1. The molecule has 3 N–H and O–H groups in total. The van der Waals surface area contributed by atoms with Gasteiger partial charge in [0.15, 0.2) is 5.11 Å². The summed E-state index contributed by atoms with van der Waals surface area (Å²) in [4.78, 5) is 24.6. The third-order valence-corrected chi connectivity index (χ3v) is 5.30. The first-order valence-electron chi connectivity index (χ1n) is 10.3. The van der Waals surface area contributed by atoms with Gasteiger partial charge < -0.3 is 4.74 Å². The van der Waals surface area contributed by atoms with Crippen molar-refractivity contribution in [1.29, 1.82) is 0 Å². The summed E-state index contributed by atoms with van der Waals surface area (Å²) in [5.41, 5.74) is 6.83. The second-order valence-corrected chi connectivity index (χ2v) is 7.75. The van der Waals surface area contributed by atoms with Gasteiger partial charge in [0.25, 0.3) is 5.91 Å². The van der Waals surface area contributed by atoms with E-state index in [1.807, 2.05) is 36.4 Å². The quantitative estimate of drug-likeness (QED) is 0.487. The first kappa shape index (κ1) is 21.8. The Kier molecular flexibility index (Phi) is 8.20. The summed E-state index contributed by atoms with van der Waals surface area (Å²) < 4.78 is 5.77. The molecule has 1 aliphatic carbocycles. The normalized spacial score (nSPS) is 13.9. The minimum atomic E-state index is -0.368. The number of thiocarbonyl (C=S) groups is 1. The average molecular weight is 426 g/mol. The summed E-state index contributed by atoms with van der Waals surface area (Å²) in [5, 5.41) is 2.63. The van der Waals surface area contributed by atoms with Crippen LogP contribution in [0, 0.1) is 5.92 Å². The highest BCUT2D eigenvalue weighted by molar-refractivity contribution is 7.80. The molecule has 158 valence electrons. The smallest absolute Gasteiger partial charge is 0.257 e. The van der Waals surface area contributed by atoms with Crippen molar-refractivity contribution in [1.82, 2.24) is 16.2 Å². The highest BCUT2D eigenvalue weighted by atomic mass is 32.1. The summed E-state index contributed by atoms with van der Waals surface area (Å²) in [6.07, 6.45) is 5.89.